The van der Waals surface area contributed by atoms with Gasteiger partial charge in [-0.3, -0.25) is 9.78 Å². The van der Waals surface area contributed by atoms with Gasteiger partial charge in [0.1, 0.15) is 11.3 Å². The number of hydrogen-bond acceptors (Lipinski definition) is 3. The predicted molar refractivity (Wildman–Crippen MR) is 49.9 cm³/mol. The largest absolute Gasteiger partial charge is 0.481 e. The number of carboxylic acids is 1. The van der Waals surface area contributed by atoms with E-state index < -0.39 is 47.6 Å². The normalized spacial score (nSPS) is 11.9. The lowest BCUT2D eigenvalue weighted by Crippen LogP contribution is -2.16. The fourth-order valence-corrected chi connectivity index (χ4v) is 1.35. The molecular weight excluding hydrogens is 263 g/mol. The molecule has 100 valence electrons. The van der Waals surface area contributed by atoms with E-state index in [0.29, 0.717) is 6.07 Å². The van der Waals surface area contributed by atoms with Gasteiger partial charge in [0, 0.05) is 5.69 Å². The van der Waals surface area contributed by atoms with Crippen LogP contribution in [0.1, 0.15) is 23.4 Å². The van der Waals surface area contributed by atoms with Crippen molar-refractivity contribution in [3.63, 3.8) is 0 Å². The maximum atomic E-state index is 12.5. The second kappa shape index (κ2) is 4.75. The molecule has 1 aromatic rings. The fourth-order valence-electron chi connectivity index (χ4n) is 1.35. The number of aromatic nitrogens is 1. The number of nitrogens with two attached hydrogens (primary N) is 1. The van der Waals surface area contributed by atoms with Gasteiger partial charge in [-0.1, -0.05) is 0 Å². The van der Waals surface area contributed by atoms with Crippen molar-refractivity contribution in [2.45, 2.75) is 19.0 Å². The molecule has 1 aromatic heterocycles. The highest BCUT2D eigenvalue weighted by Crippen LogP contribution is 2.39. The van der Waals surface area contributed by atoms with Gasteiger partial charge >= 0.3 is 12.1 Å². The Kier molecular flexibility index (Phi) is 3.73. The van der Waals surface area contributed by atoms with E-state index in [0.717, 1.165) is 0 Å². The number of aliphatic carboxylic acids is 1. The number of hydrogen-bond donors (Lipinski definition) is 2. The molecule has 0 bridgehead atoms. The summed E-state index contributed by atoms with van der Waals surface area (Å²) in [6.45, 7) is 0. The maximum Gasteiger partial charge on any atom is 0.420 e. The van der Waals surface area contributed by atoms with E-state index in [-0.39, 0.29) is 0 Å². The van der Waals surface area contributed by atoms with Crippen LogP contribution >= 0.6 is 0 Å². The van der Waals surface area contributed by atoms with Crippen molar-refractivity contribution in [3.8, 4) is 0 Å². The molecule has 0 spiro atoms. The summed E-state index contributed by atoms with van der Waals surface area (Å²) in [5.74, 6) is -1.41. The van der Waals surface area contributed by atoms with Crippen molar-refractivity contribution in [3.05, 3.63) is 23.0 Å². The van der Waals surface area contributed by atoms with E-state index >= 15 is 0 Å². The van der Waals surface area contributed by atoms with Gasteiger partial charge in [0.25, 0.3) is 6.43 Å². The molecule has 0 atom stereocenters. The van der Waals surface area contributed by atoms with E-state index in [1.807, 2.05) is 0 Å². The quantitative estimate of drug-likeness (QED) is 0.826. The smallest absolute Gasteiger partial charge is 0.420 e. The molecule has 0 aliphatic rings. The Morgan fingerprint density at radius 1 is 1.44 bits per heavy atom. The lowest BCUT2D eigenvalue weighted by atomic mass is 10.1. The predicted octanol–water partition coefficient (Wildman–Crippen LogP) is 2.25. The highest BCUT2D eigenvalue weighted by atomic mass is 19.4. The topological polar surface area (TPSA) is 76.2 Å². The van der Waals surface area contributed by atoms with E-state index in [4.69, 9.17) is 10.8 Å². The van der Waals surface area contributed by atoms with Gasteiger partial charge < -0.3 is 10.8 Å². The third-order valence-electron chi connectivity index (χ3n) is 1.95. The van der Waals surface area contributed by atoms with Crippen LogP contribution < -0.4 is 5.73 Å². The van der Waals surface area contributed by atoms with E-state index in [1.165, 1.54) is 0 Å². The van der Waals surface area contributed by atoms with E-state index in [2.05, 4.69) is 4.98 Å². The minimum atomic E-state index is -5.08. The molecule has 1 heterocycles. The summed E-state index contributed by atoms with van der Waals surface area (Å²) in [4.78, 5) is 13.4. The molecule has 3 N–H and O–H groups in total. The molecule has 18 heavy (non-hydrogen) atoms. The zero-order valence-corrected chi connectivity index (χ0v) is 8.63. The lowest BCUT2D eigenvalue weighted by molar-refractivity contribution is -0.139. The van der Waals surface area contributed by atoms with Crippen molar-refractivity contribution in [1.29, 1.82) is 0 Å². The average Bonchev–Trinajstić information content (AvgIpc) is 2.12. The standard InChI is InChI=1S/C9H7F5N2O2/c10-8(11)7-6(9(12,13)14)4(15)1-3(16-7)2-5(17)18/h1,8H,2H2,(H2,15,16)(H,17,18). The Balaban J connectivity index is 3.41. The van der Waals surface area contributed by atoms with Crippen LogP contribution in [-0.2, 0) is 17.4 Å². The number of carboxylic acid groups (broad SMARTS) is 1. The number of nitrogens with zero attached hydrogens (tertiary/aromatic N) is 1. The van der Waals surface area contributed by atoms with Gasteiger partial charge in [-0.2, -0.15) is 13.2 Å². The zero-order chi connectivity index (χ0) is 14.1. The third-order valence-corrected chi connectivity index (χ3v) is 1.95. The first-order valence-electron chi connectivity index (χ1n) is 4.49. The third kappa shape index (κ3) is 3.05. The van der Waals surface area contributed by atoms with Crippen LogP contribution in [0, 0.1) is 0 Å². The van der Waals surface area contributed by atoms with Crippen LogP contribution in [-0.4, -0.2) is 16.1 Å². The molecule has 0 aromatic carbocycles. The van der Waals surface area contributed by atoms with Gasteiger partial charge in [-0.15, -0.1) is 0 Å². The Morgan fingerprint density at radius 2 is 2.00 bits per heavy atom. The molecule has 0 radical (unpaired) electrons. The Bertz CT molecular complexity index is 473. The summed E-state index contributed by atoms with van der Waals surface area (Å²) in [6.07, 6.45) is -9.37. The van der Waals surface area contributed by atoms with Crippen LogP contribution in [0.4, 0.5) is 27.6 Å². The average molecular weight is 270 g/mol. The Labute approximate surface area is 97.2 Å². The fraction of sp³-hybridized carbons (Fsp3) is 0.333. The number of alkyl halides is 5. The number of pyridine rings is 1. The zero-order valence-electron chi connectivity index (χ0n) is 8.63. The molecule has 0 amide bonds. The first-order valence-corrected chi connectivity index (χ1v) is 4.49. The summed E-state index contributed by atoms with van der Waals surface area (Å²) >= 11 is 0. The number of anilines is 1. The summed E-state index contributed by atoms with van der Waals surface area (Å²) in [6, 6.07) is 0.628. The Hall–Kier alpha value is -1.93. The highest BCUT2D eigenvalue weighted by Gasteiger charge is 2.39. The first-order chi connectivity index (χ1) is 8.12. The van der Waals surface area contributed by atoms with Crippen LogP contribution in [0.5, 0.6) is 0 Å². The van der Waals surface area contributed by atoms with Crippen molar-refractivity contribution in [2.75, 3.05) is 5.73 Å². The van der Waals surface area contributed by atoms with Crippen LogP contribution in [0.2, 0.25) is 0 Å². The van der Waals surface area contributed by atoms with Gasteiger partial charge in [0.05, 0.1) is 12.1 Å². The molecule has 9 heteroatoms. The van der Waals surface area contributed by atoms with Gasteiger partial charge in [0.15, 0.2) is 0 Å². The molecule has 0 saturated carbocycles. The van der Waals surface area contributed by atoms with Crippen molar-refractivity contribution in [1.82, 2.24) is 4.98 Å². The van der Waals surface area contributed by atoms with Gasteiger partial charge in [0.2, 0.25) is 0 Å². The number of nitrogen functional groups attached to an aromatic ring is 1. The van der Waals surface area contributed by atoms with Gasteiger partial charge in [-0.25, -0.2) is 8.78 Å². The summed E-state index contributed by atoms with van der Waals surface area (Å²) < 4.78 is 62.5. The Morgan fingerprint density at radius 3 is 2.39 bits per heavy atom. The van der Waals surface area contributed by atoms with Crippen LogP contribution in [0.15, 0.2) is 6.07 Å². The summed E-state index contributed by atoms with van der Waals surface area (Å²) in [7, 11) is 0. The molecule has 1 rings (SSSR count). The molecule has 0 unspecified atom stereocenters. The maximum absolute atomic E-state index is 12.5. The molecule has 0 saturated heterocycles. The molecule has 0 aliphatic heterocycles. The SMILES string of the molecule is Nc1cc(CC(=O)O)nc(C(F)F)c1C(F)(F)F. The number of carbonyl (C=O) groups is 1. The lowest BCUT2D eigenvalue weighted by Gasteiger charge is -2.15. The van der Waals surface area contributed by atoms with Crippen molar-refractivity contribution >= 4 is 11.7 Å². The van der Waals surface area contributed by atoms with Crippen molar-refractivity contribution in [2.24, 2.45) is 0 Å². The van der Waals surface area contributed by atoms with Crippen molar-refractivity contribution < 1.29 is 31.9 Å². The second-order valence-corrected chi connectivity index (χ2v) is 3.33. The second-order valence-electron chi connectivity index (χ2n) is 3.33. The van der Waals surface area contributed by atoms with Gasteiger partial charge in [-0.05, 0) is 6.07 Å². The minimum absolute atomic E-state index is 0.455. The van der Waals surface area contributed by atoms with Crippen LogP contribution in [0.25, 0.3) is 0 Å². The molecular formula is C9H7F5N2O2. The minimum Gasteiger partial charge on any atom is -0.481 e. The van der Waals surface area contributed by atoms with E-state index in [1.54, 1.807) is 0 Å². The van der Waals surface area contributed by atoms with Crippen LogP contribution in [0.3, 0.4) is 0 Å². The molecule has 0 fully saturated rings. The summed E-state index contributed by atoms with van der Waals surface area (Å²) in [5.41, 5.74) is 0.325. The van der Waals surface area contributed by atoms with E-state index in [9.17, 15) is 26.7 Å². The first kappa shape index (κ1) is 14.1. The summed E-state index contributed by atoms with van der Waals surface area (Å²) in [5, 5.41) is 8.43. The number of halogens is 5. The number of rotatable bonds is 3. The highest BCUT2D eigenvalue weighted by molar-refractivity contribution is 5.70. The molecule has 4 nitrogen and oxygen atoms in total. The molecule has 0 aliphatic carbocycles. The monoisotopic (exact) mass is 270 g/mol.